The molecule has 0 saturated heterocycles. The number of aromatic nitrogens is 1. The summed E-state index contributed by atoms with van der Waals surface area (Å²) in [7, 11) is 1.39. The van der Waals surface area contributed by atoms with E-state index in [1.807, 2.05) is 12.1 Å². The Kier molecular flexibility index (Phi) is 15.1. The van der Waals surface area contributed by atoms with Gasteiger partial charge in [0.25, 0.3) is 5.91 Å². The molecule has 0 radical (unpaired) electrons. The Balaban J connectivity index is 1.31. The van der Waals surface area contributed by atoms with Gasteiger partial charge < -0.3 is 42.1 Å². The van der Waals surface area contributed by atoms with E-state index in [4.69, 9.17) is 17.3 Å². The maximum atomic E-state index is 14.6. The fourth-order valence-corrected chi connectivity index (χ4v) is 7.57. The molecule has 5 amide bonds. The maximum absolute atomic E-state index is 14.6. The molecule has 16 heteroatoms. The number of rotatable bonds is 13. The minimum Gasteiger partial charge on any atom is -0.507 e. The van der Waals surface area contributed by atoms with Crippen molar-refractivity contribution in [2.75, 3.05) is 13.6 Å². The molecule has 1 aliphatic heterocycles. The third-order valence-electron chi connectivity index (χ3n) is 11.0. The van der Waals surface area contributed by atoms with Crippen LogP contribution in [0.25, 0.3) is 22.3 Å². The predicted octanol–water partition coefficient (Wildman–Crippen LogP) is 4.84. The summed E-state index contributed by atoms with van der Waals surface area (Å²) in [6, 6.07) is 21.4. The van der Waals surface area contributed by atoms with Gasteiger partial charge in [-0.2, -0.15) is 0 Å². The van der Waals surface area contributed by atoms with E-state index in [0.717, 1.165) is 16.0 Å². The maximum Gasteiger partial charge on any atom is 0.251 e. The molecular weight excluding hydrogens is 838 g/mol. The number of carbonyl (C=O) groups excluding carboxylic acids is 6. The number of fused-ring (bicyclic) bond motifs is 5. The Bertz CT molecular complexity index is 2520. The number of carbonyl (C=O) groups is 6. The van der Waals surface area contributed by atoms with E-state index >= 15 is 0 Å². The number of unbranched alkanes of at least 4 members (excludes halogenated alkanes) is 1. The largest absolute Gasteiger partial charge is 0.507 e. The molecule has 0 saturated carbocycles. The normalized spacial score (nSPS) is 17.1. The van der Waals surface area contributed by atoms with Gasteiger partial charge in [0.1, 0.15) is 41.4 Å². The van der Waals surface area contributed by atoms with E-state index in [1.165, 1.54) is 63.5 Å². The first-order chi connectivity index (χ1) is 30.6. The van der Waals surface area contributed by atoms with Crippen LogP contribution in [0.4, 0.5) is 0 Å². The number of benzene rings is 4. The number of nitrogens with two attached hydrogens (primary N) is 1. The number of hydrogen-bond acceptors (Lipinski definition) is 10. The number of nitrogens with one attached hydrogen (secondary N) is 4. The molecule has 1 aromatic heterocycles. The monoisotopic (exact) mass is 887 g/mol. The lowest BCUT2D eigenvalue weighted by Gasteiger charge is -2.32. The molecule has 2 heterocycles. The van der Waals surface area contributed by atoms with E-state index in [-0.39, 0.29) is 46.7 Å². The molecule has 0 aliphatic carbocycles. The molecule has 15 nitrogen and oxygen atoms in total. The zero-order chi connectivity index (χ0) is 46.1. The van der Waals surface area contributed by atoms with Crippen molar-refractivity contribution in [1.82, 2.24) is 31.2 Å². The first kappa shape index (κ1) is 46.4. The first-order valence-corrected chi connectivity index (χ1v) is 21.2. The Labute approximate surface area is 375 Å². The second-order valence-electron chi connectivity index (χ2n) is 15.7. The van der Waals surface area contributed by atoms with Crippen LogP contribution >= 0.6 is 11.6 Å². The molecule has 5 aromatic rings. The van der Waals surface area contributed by atoms with E-state index in [2.05, 4.69) is 26.3 Å². The smallest absolute Gasteiger partial charge is 0.251 e. The lowest BCUT2D eigenvalue weighted by molar-refractivity contribution is -0.141. The number of ketones is 1. The van der Waals surface area contributed by atoms with Gasteiger partial charge in [0.15, 0.2) is 0 Å². The Morgan fingerprint density at radius 1 is 0.844 bits per heavy atom. The molecule has 0 fully saturated rings. The van der Waals surface area contributed by atoms with Gasteiger partial charge in [-0.3, -0.25) is 33.8 Å². The molecule has 0 spiro atoms. The zero-order valence-electron chi connectivity index (χ0n) is 35.5. The SMILES string of the molecule is CC1NC(=O)C(N(C)C(=O)C(CCCCN)NC(=O)c2ccc(-c3ccc(Cl)cc3)cc2)c2ccc(O)c(c2)-c2cc(ccc2O)CC(C(=O)NC(C)C(=O)c2ccccn2)NC1=O. The minimum atomic E-state index is -1.44. The standard InChI is InChI=1S/C48H50ClN7O8/c1-27(43(59)37-8-5-7-23-51-37)52-46(62)39-25-29-10-20-40(57)35(24-29)36-26-33(17-21-41(36)58)42(47(63)53-28(2)44(60)55-39)56(3)48(64)38(9-4-6-22-50)54-45(61)32-13-11-30(12-14-32)31-15-18-34(49)19-16-31/h5,7-8,10-21,23-24,26-28,38-39,42,57-58H,4,6,9,22,25,50H2,1-3H3,(H,52,62)(H,53,63)(H,54,61)(H,55,60). The topological polar surface area (TPSA) is 233 Å². The van der Waals surface area contributed by atoms with Crippen LogP contribution in [-0.2, 0) is 25.6 Å². The van der Waals surface area contributed by atoms with Gasteiger partial charge in [-0.1, -0.05) is 54.1 Å². The average molecular weight is 888 g/mol. The number of likely N-dealkylation sites (N-methyl/N-ethyl adjacent to an activating group) is 1. The Hall–Kier alpha value is -7.10. The zero-order valence-corrected chi connectivity index (χ0v) is 36.3. The molecule has 64 heavy (non-hydrogen) atoms. The summed E-state index contributed by atoms with van der Waals surface area (Å²) in [6.07, 6.45) is 2.54. The van der Waals surface area contributed by atoms with Crippen LogP contribution in [0, 0.1) is 0 Å². The molecule has 332 valence electrons. The number of nitrogens with zero attached hydrogens (tertiary/aromatic N) is 2. The summed E-state index contributed by atoms with van der Waals surface area (Å²) >= 11 is 6.05. The summed E-state index contributed by atoms with van der Waals surface area (Å²) in [6.45, 7) is 3.25. The van der Waals surface area contributed by atoms with Crippen molar-refractivity contribution >= 4 is 46.9 Å². The lowest BCUT2D eigenvalue weighted by atomic mass is 9.93. The molecule has 5 atom stereocenters. The van der Waals surface area contributed by atoms with Gasteiger partial charge in [0, 0.05) is 41.4 Å². The number of halogens is 1. The highest BCUT2D eigenvalue weighted by Gasteiger charge is 2.36. The van der Waals surface area contributed by atoms with Gasteiger partial charge in [0.2, 0.25) is 29.4 Å². The molecular formula is C48H50ClN7O8. The van der Waals surface area contributed by atoms with Crippen LogP contribution in [0.15, 0.2) is 109 Å². The number of Topliss-reactive ketones (excluding diaryl/α,β-unsaturated/α-hetero) is 1. The Morgan fingerprint density at radius 2 is 1.50 bits per heavy atom. The number of phenolic OH excluding ortho intramolecular Hbond substituents is 2. The Morgan fingerprint density at radius 3 is 2.16 bits per heavy atom. The number of pyridine rings is 1. The van der Waals surface area contributed by atoms with E-state index in [9.17, 15) is 39.0 Å². The average Bonchev–Trinajstić information content (AvgIpc) is 3.29. The first-order valence-electron chi connectivity index (χ1n) is 20.8. The fourth-order valence-electron chi connectivity index (χ4n) is 7.45. The van der Waals surface area contributed by atoms with Gasteiger partial charge >= 0.3 is 0 Å². The molecule has 6 rings (SSSR count). The van der Waals surface area contributed by atoms with Crippen LogP contribution < -0.4 is 27.0 Å². The molecule has 1 aliphatic rings. The predicted molar refractivity (Wildman–Crippen MR) is 241 cm³/mol. The molecule has 5 unspecified atom stereocenters. The highest BCUT2D eigenvalue weighted by molar-refractivity contribution is 6.30. The quantitative estimate of drug-likeness (QED) is 0.0628. The van der Waals surface area contributed by atoms with Crippen LogP contribution in [0.2, 0.25) is 5.02 Å². The van der Waals surface area contributed by atoms with Crippen LogP contribution in [0.3, 0.4) is 0 Å². The summed E-state index contributed by atoms with van der Waals surface area (Å²) < 4.78 is 0. The minimum absolute atomic E-state index is 0.107. The van der Waals surface area contributed by atoms with Crippen LogP contribution in [-0.4, -0.2) is 93.2 Å². The molecule has 8 N–H and O–H groups in total. The fraction of sp³-hybridized carbons (Fsp3) is 0.271. The van der Waals surface area contributed by atoms with E-state index < -0.39 is 65.5 Å². The van der Waals surface area contributed by atoms with Crippen molar-refractivity contribution in [3.05, 3.63) is 137 Å². The number of phenols is 2. The third-order valence-corrected chi connectivity index (χ3v) is 11.3. The number of hydrogen-bond donors (Lipinski definition) is 7. The van der Waals surface area contributed by atoms with Gasteiger partial charge in [-0.25, -0.2) is 0 Å². The number of amides is 5. The summed E-state index contributed by atoms with van der Waals surface area (Å²) in [5.74, 6) is -4.38. The van der Waals surface area contributed by atoms with Crippen molar-refractivity contribution in [3.63, 3.8) is 0 Å². The van der Waals surface area contributed by atoms with Gasteiger partial charge in [-0.05, 0) is 123 Å². The second kappa shape index (κ2) is 20.8. The van der Waals surface area contributed by atoms with Crippen molar-refractivity contribution in [2.45, 2.75) is 69.7 Å². The van der Waals surface area contributed by atoms with Crippen molar-refractivity contribution in [2.24, 2.45) is 5.73 Å². The molecule has 4 bridgehead atoms. The van der Waals surface area contributed by atoms with Gasteiger partial charge in [-0.15, -0.1) is 0 Å². The van der Waals surface area contributed by atoms with E-state index in [1.54, 1.807) is 54.6 Å². The van der Waals surface area contributed by atoms with Gasteiger partial charge in [0.05, 0.1) is 6.04 Å². The van der Waals surface area contributed by atoms with Crippen molar-refractivity contribution in [1.29, 1.82) is 0 Å². The number of aromatic hydroxyl groups is 2. The summed E-state index contributed by atoms with van der Waals surface area (Å²) in [5, 5.41) is 33.7. The van der Waals surface area contributed by atoms with Crippen LogP contribution in [0.5, 0.6) is 11.5 Å². The van der Waals surface area contributed by atoms with Crippen LogP contribution in [0.1, 0.15) is 71.1 Å². The molecule has 4 aromatic carbocycles. The lowest BCUT2D eigenvalue weighted by Crippen LogP contribution is -2.56. The highest BCUT2D eigenvalue weighted by atomic mass is 35.5. The van der Waals surface area contributed by atoms with Crippen molar-refractivity contribution < 1.29 is 39.0 Å². The van der Waals surface area contributed by atoms with Crippen molar-refractivity contribution in [3.8, 4) is 33.8 Å². The summed E-state index contributed by atoms with van der Waals surface area (Å²) in [4.78, 5) is 88.7. The highest BCUT2D eigenvalue weighted by Crippen LogP contribution is 2.39. The summed E-state index contributed by atoms with van der Waals surface area (Å²) in [5.41, 5.74) is 8.87. The second-order valence-corrected chi connectivity index (χ2v) is 16.1. The van der Waals surface area contributed by atoms with E-state index in [0.29, 0.717) is 35.5 Å². The third kappa shape index (κ3) is 11.1.